The Morgan fingerprint density at radius 1 is 1.27 bits per heavy atom. The Morgan fingerprint density at radius 2 is 2.00 bits per heavy atom. The molecule has 0 aliphatic rings. The van der Waals surface area contributed by atoms with Gasteiger partial charge in [-0.25, -0.2) is 0 Å². The fraction of sp³-hybridized carbons (Fsp3) is 0.278. The quantitative estimate of drug-likeness (QED) is 0.563. The minimum Gasteiger partial charge on any atom is -0.325 e. The Bertz CT molecular complexity index is 927. The molecule has 0 bridgehead atoms. The molecule has 0 spiro atoms. The lowest BCUT2D eigenvalue weighted by Gasteiger charge is -2.10. The van der Waals surface area contributed by atoms with E-state index in [0.717, 1.165) is 12.1 Å². The highest BCUT2D eigenvalue weighted by atomic mass is 35.5. The van der Waals surface area contributed by atoms with Gasteiger partial charge < -0.3 is 5.32 Å². The van der Waals surface area contributed by atoms with Gasteiger partial charge >= 0.3 is 0 Å². The lowest BCUT2D eigenvalue weighted by molar-refractivity contribution is -0.113. The van der Waals surface area contributed by atoms with Crippen LogP contribution in [0.5, 0.6) is 0 Å². The largest absolute Gasteiger partial charge is 0.325 e. The molecule has 1 atom stereocenters. The number of halogens is 2. The van der Waals surface area contributed by atoms with E-state index in [4.69, 9.17) is 23.2 Å². The first kappa shape index (κ1) is 19.0. The number of rotatable bonds is 6. The molecule has 1 amide bonds. The van der Waals surface area contributed by atoms with Crippen LogP contribution in [0.25, 0.3) is 5.65 Å². The molecule has 0 saturated carbocycles. The summed E-state index contributed by atoms with van der Waals surface area (Å²) in [5.41, 5.74) is 2.56. The number of nitrogens with zero attached hydrogens (tertiary/aromatic N) is 3. The van der Waals surface area contributed by atoms with E-state index in [9.17, 15) is 4.79 Å². The maximum atomic E-state index is 12.2. The summed E-state index contributed by atoms with van der Waals surface area (Å²) in [5, 5.41) is 12.4. The number of fused-ring (bicyclic) bond motifs is 1. The highest BCUT2D eigenvalue weighted by Gasteiger charge is 2.12. The van der Waals surface area contributed by atoms with E-state index in [1.165, 1.54) is 17.3 Å². The normalized spacial score (nSPS) is 12.3. The lowest BCUT2D eigenvalue weighted by Crippen LogP contribution is -2.14. The van der Waals surface area contributed by atoms with Gasteiger partial charge in [-0.15, -0.1) is 10.2 Å². The first-order valence-corrected chi connectivity index (χ1v) is 9.94. The van der Waals surface area contributed by atoms with Crippen LogP contribution in [0, 0.1) is 0 Å². The third-order valence-electron chi connectivity index (χ3n) is 4.10. The third-order valence-corrected chi connectivity index (χ3v) is 5.53. The predicted octanol–water partition coefficient (Wildman–Crippen LogP) is 5.28. The number of hydrogen-bond donors (Lipinski definition) is 1. The summed E-state index contributed by atoms with van der Waals surface area (Å²) in [4.78, 5) is 12.2. The molecule has 2 aromatic heterocycles. The van der Waals surface area contributed by atoms with Gasteiger partial charge in [0.25, 0.3) is 0 Å². The second-order valence-electron chi connectivity index (χ2n) is 5.95. The Labute approximate surface area is 166 Å². The first-order valence-electron chi connectivity index (χ1n) is 8.20. The van der Waals surface area contributed by atoms with Gasteiger partial charge in [-0.2, -0.15) is 0 Å². The Kier molecular flexibility index (Phi) is 6.06. The third kappa shape index (κ3) is 4.31. The molecule has 1 unspecified atom stereocenters. The van der Waals surface area contributed by atoms with E-state index >= 15 is 0 Å². The van der Waals surface area contributed by atoms with E-state index in [-0.39, 0.29) is 11.7 Å². The zero-order valence-electron chi connectivity index (χ0n) is 14.4. The van der Waals surface area contributed by atoms with E-state index < -0.39 is 0 Å². The van der Waals surface area contributed by atoms with Crippen molar-refractivity contribution in [1.29, 1.82) is 0 Å². The minimum atomic E-state index is -0.115. The van der Waals surface area contributed by atoms with E-state index in [1.54, 1.807) is 16.7 Å². The summed E-state index contributed by atoms with van der Waals surface area (Å²) < 4.78 is 1.68. The second kappa shape index (κ2) is 8.29. The fourth-order valence-corrected chi connectivity index (χ4v) is 3.68. The average Bonchev–Trinajstić information content (AvgIpc) is 3.03. The monoisotopic (exact) mass is 408 g/mol. The Hall–Kier alpha value is -1.76. The van der Waals surface area contributed by atoms with Crippen LogP contribution in [-0.4, -0.2) is 26.3 Å². The number of thioether (sulfide) groups is 1. The Morgan fingerprint density at radius 3 is 2.69 bits per heavy atom. The standard InChI is InChI=1S/C18H18Cl2N4OS/c1-3-11(2)12-4-6-14(7-5-12)21-16(25)10-26-18-23-22-17-15(20)8-13(19)9-24(17)18/h4-9,11H,3,10H2,1-2H3,(H,21,25). The van der Waals surface area contributed by atoms with Gasteiger partial charge in [-0.05, 0) is 36.1 Å². The van der Waals surface area contributed by atoms with Gasteiger partial charge in [-0.1, -0.05) is 60.9 Å². The molecule has 5 nitrogen and oxygen atoms in total. The number of nitrogens with one attached hydrogen (secondary N) is 1. The highest BCUT2D eigenvalue weighted by Crippen LogP contribution is 2.25. The molecular formula is C18H18Cl2N4OS. The highest BCUT2D eigenvalue weighted by molar-refractivity contribution is 7.99. The van der Waals surface area contributed by atoms with Crippen LogP contribution >= 0.6 is 35.0 Å². The van der Waals surface area contributed by atoms with Gasteiger partial charge in [0, 0.05) is 11.9 Å². The molecule has 0 saturated heterocycles. The van der Waals surface area contributed by atoms with Gasteiger partial charge in [0.15, 0.2) is 10.8 Å². The minimum absolute atomic E-state index is 0.115. The number of anilines is 1. The summed E-state index contributed by atoms with van der Waals surface area (Å²) in [5.74, 6) is 0.601. The van der Waals surface area contributed by atoms with Crippen LogP contribution in [0.2, 0.25) is 10.0 Å². The topological polar surface area (TPSA) is 59.3 Å². The summed E-state index contributed by atoms with van der Waals surface area (Å²) in [6.45, 7) is 4.34. The molecule has 3 aromatic rings. The van der Waals surface area contributed by atoms with E-state index in [1.807, 2.05) is 24.3 Å². The van der Waals surface area contributed by atoms with Crippen LogP contribution in [0.4, 0.5) is 5.69 Å². The smallest absolute Gasteiger partial charge is 0.234 e. The molecule has 3 rings (SSSR count). The number of amides is 1. The maximum Gasteiger partial charge on any atom is 0.234 e. The summed E-state index contributed by atoms with van der Waals surface area (Å²) >= 11 is 13.4. The van der Waals surface area contributed by atoms with Crippen molar-refractivity contribution >= 4 is 52.2 Å². The summed E-state index contributed by atoms with van der Waals surface area (Å²) in [6, 6.07) is 9.56. The number of benzene rings is 1. The number of pyridine rings is 1. The molecular weight excluding hydrogens is 391 g/mol. The molecule has 0 fully saturated rings. The number of aromatic nitrogens is 3. The molecule has 26 heavy (non-hydrogen) atoms. The van der Waals surface area contributed by atoms with Crippen molar-refractivity contribution in [2.75, 3.05) is 11.1 Å². The first-order chi connectivity index (χ1) is 12.5. The zero-order chi connectivity index (χ0) is 18.7. The van der Waals surface area contributed by atoms with Crippen molar-refractivity contribution in [3.05, 3.63) is 52.1 Å². The maximum absolute atomic E-state index is 12.2. The molecule has 136 valence electrons. The van der Waals surface area contributed by atoms with Crippen molar-refractivity contribution < 1.29 is 4.79 Å². The van der Waals surface area contributed by atoms with E-state index in [0.29, 0.717) is 26.8 Å². The number of carbonyl (C=O) groups is 1. The SMILES string of the molecule is CCC(C)c1ccc(NC(=O)CSc2nnc3c(Cl)cc(Cl)cn23)cc1. The van der Waals surface area contributed by atoms with Crippen LogP contribution in [0.1, 0.15) is 31.7 Å². The fourth-order valence-electron chi connectivity index (χ4n) is 2.46. The lowest BCUT2D eigenvalue weighted by atomic mass is 9.99. The van der Waals surface area contributed by atoms with Gasteiger partial charge in [0.1, 0.15) is 0 Å². The van der Waals surface area contributed by atoms with Crippen molar-refractivity contribution in [3.8, 4) is 0 Å². The molecule has 0 aliphatic carbocycles. The van der Waals surface area contributed by atoms with Crippen molar-refractivity contribution in [2.45, 2.75) is 31.3 Å². The number of carbonyl (C=O) groups excluding carboxylic acids is 1. The molecule has 2 heterocycles. The Balaban J connectivity index is 1.62. The summed E-state index contributed by atoms with van der Waals surface area (Å²) in [7, 11) is 0. The molecule has 0 radical (unpaired) electrons. The van der Waals surface area contributed by atoms with E-state index in [2.05, 4.69) is 29.4 Å². The van der Waals surface area contributed by atoms with Crippen LogP contribution in [-0.2, 0) is 4.79 Å². The van der Waals surface area contributed by atoms with Crippen molar-refractivity contribution in [3.63, 3.8) is 0 Å². The molecule has 0 aliphatic heterocycles. The van der Waals surface area contributed by atoms with Crippen molar-refractivity contribution in [2.24, 2.45) is 0 Å². The average molecular weight is 409 g/mol. The second-order valence-corrected chi connectivity index (χ2v) is 7.74. The van der Waals surface area contributed by atoms with Crippen LogP contribution < -0.4 is 5.32 Å². The molecule has 1 aromatic carbocycles. The zero-order valence-corrected chi connectivity index (χ0v) is 16.7. The predicted molar refractivity (Wildman–Crippen MR) is 108 cm³/mol. The molecule has 8 heteroatoms. The van der Waals surface area contributed by atoms with Gasteiger partial charge in [0.05, 0.1) is 15.8 Å². The van der Waals surface area contributed by atoms with Crippen LogP contribution in [0.15, 0.2) is 41.7 Å². The van der Waals surface area contributed by atoms with Crippen LogP contribution in [0.3, 0.4) is 0 Å². The molecule has 1 N–H and O–H groups in total. The van der Waals surface area contributed by atoms with Gasteiger partial charge in [0.2, 0.25) is 5.91 Å². The van der Waals surface area contributed by atoms with Gasteiger partial charge in [-0.3, -0.25) is 9.20 Å². The summed E-state index contributed by atoms with van der Waals surface area (Å²) in [6.07, 6.45) is 2.76. The van der Waals surface area contributed by atoms with Crippen molar-refractivity contribution in [1.82, 2.24) is 14.6 Å². The number of hydrogen-bond acceptors (Lipinski definition) is 4.